The van der Waals surface area contributed by atoms with Gasteiger partial charge in [0.25, 0.3) is 0 Å². The Labute approximate surface area is 107 Å². The first-order valence-electron chi connectivity index (χ1n) is 6.18. The summed E-state index contributed by atoms with van der Waals surface area (Å²) in [5, 5.41) is 3.27. The van der Waals surface area contributed by atoms with Crippen LogP contribution in [0.1, 0.15) is 18.4 Å². The van der Waals surface area contributed by atoms with Crippen LogP contribution in [0.15, 0.2) is 24.3 Å². The average molecular weight is 249 g/mol. The summed E-state index contributed by atoms with van der Waals surface area (Å²) in [6.45, 7) is 0.646. The largest absolute Gasteiger partial charge is 0.497 e. The second-order valence-electron chi connectivity index (χ2n) is 4.57. The number of hydrogen-bond acceptors (Lipinski definition) is 4. The fourth-order valence-electron chi connectivity index (χ4n) is 2.01. The lowest BCUT2D eigenvalue weighted by Gasteiger charge is -2.15. The van der Waals surface area contributed by atoms with Crippen molar-refractivity contribution >= 4 is 5.97 Å². The van der Waals surface area contributed by atoms with Crippen LogP contribution in [0.5, 0.6) is 5.75 Å². The second-order valence-corrected chi connectivity index (χ2v) is 4.57. The predicted molar refractivity (Wildman–Crippen MR) is 68.4 cm³/mol. The lowest BCUT2D eigenvalue weighted by atomic mass is 10.1. The van der Waals surface area contributed by atoms with Gasteiger partial charge in [0.05, 0.1) is 14.2 Å². The number of rotatable bonds is 6. The molecular weight excluding hydrogens is 230 g/mol. The molecule has 0 saturated heterocycles. The zero-order valence-corrected chi connectivity index (χ0v) is 10.8. The first-order chi connectivity index (χ1) is 8.74. The van der Waals surface area contributed by atoms with Crippen molar-refractivity contribution in [2.45, 2.75) is 25.4 Å². The molecule has 1 saturated carbocycles. The lowest BCUT2D eigenvalue weighted by molar-refractivity contribution is -0.143. The van der Waals surface area contributed by atoms with Gasteiger partial charge in [0.15, 0.2) is 0 Å². The maximum absolute atomic E-state index is 11.6. The molecule has 0 heterocycles. The molecule has 1 aliphatic rings. The summed E-state index contributed by atoms with van der Waals surface area (Å²) in [7, 11) is 3.08. The molecule has 1 atom stereocenters. The average Bonchev–Trinajstić information content (AvgIpc) is 3.23. The van der Waals surface area contributed by atoms with Crippen molar-refractivity contribution in [1.82, 2.24) is 5.32 Å². The van der Waals surface area contributed by atoms with E-state index >= 15 is 0 Å². The van der Waals surface area contributed by atoms with Crippen molar-refractivity contribution in [1.29, 1.82) is 0 Å². The van der Waals surface area contributed by atoms with Gasteiger partial charge in [-0.3, -0.25) is 4.79 Å². The van der Waals surface area contributed by atoms with Crippen molar-refractivity contribution in [2.75, 3.05) is 14.2 Å². The Morgan fingerprint density at radius 2 is 2.22 bits per heavy atom. The molecule has 4 nitrogen and oxygen atoms in total. The number of esters is 1. The van der Waals surface area contributed by atoms with E-state index in [0.717, 1.165) is 24.2 Å². The van der Waals surface area contributed by atoms with Crippen LogP contribution in [-0.4, -0.2) is 26.2 Å². The molecule has 0 amide bonds. The molecule has 98 valence electrons. The Kier molecular flexibility index (Phi) is 4.20. The van der Waals surface area contributed by atoms with E-state index in [4.69, 9.17) is 9.47 Å². The van der Waals surface area contributed by atoms with Gasteiger partial charge in [-0.1, -0.05) is 12.1 Å². The Hall–Kier alpha value is -1.55. The second kappa shape index (κ2) is 5.87. The number of hydrogen-bond donors (Lipinski definition) is 1. The quantitative estimate of drug-likeness (QED) is 0.780. The van der Waals surface area contributed by atoms with Crippen LogP contribution >= 0.6 is 0 Å². The molecule has 0 aromatic heterocycles. The highest BCUT2D eigenvalue weighted by Crippen LogP contribution is 2.33. The highest BCUT2D eigenvalue weighted by molar-refractivity contribution is 5.76. The van der Waals surface area contributed by atoms with Crippen molar-refractivity contribution in [3.05, 3.63) is 29.8 Å². The van der Waals surface area contributed by atoms with Gasteiger partial charge in [0, 0.05) is 6.54 Å². The van der Waals surface area contributed by atoms with Gasteiger partial charge in [-0.25, -0.2) is 0 Å². The molecular formula is C14H19NO3. The minimum Gasteiger partial charge on any atom is -0.497 e. The number of benzene rings is 1. The van der Waals surface area contributed by atoms with Gasteiger partial charge in [0.1, 0.15) is 11.8 Å². The van der Waals surface area contributed by atoms with Crippen molar-refractivity contribution < 1.29 is 14.3 Å². The predicted octanol–water partition coefficient (Wildman–Crippen LogP) is 1.74. The van der Waals surface area contributed by atoms with Gasteiger partial charge in [-0.15, -0.1) is 0 Å². The molecule has 0 spiro atoms. The van der Waals surface area contributed by atoms with Crippen LogP contribution in [0.2, 0.25) is 0 Å². The molecule has 0 bridgehead atoms. The molecule has 2 rings (SSSR count). The van der Waals surface area contributed by atoms with Crippen LogP contribution < -0.4 is 10.1 Å². The Bertz CT molecular complexity index is 415. The van der Waals surface area contributed by atoms with Crippen molar-refractivity contribution in [3.63, 3.8) is 0 Å². The molecule has 4 heteroatoms. The van der Waals surface area contributed by atoms with E-state index in [9.17, 15) is 4.79 Å². The number of nitrogens with one attached hydrogen (secondary N) is 1. The summed E-state index contributed by atoms with van der Waals surface area (Å²) >= 11 is 0. The third-order valence-corrected chi connectivity index (χ3v) is 3.21. The van der Waals surface area contributed by atoms with Gasteiger partial charge in [-0.05, 0) is 36.5 Å². The van der Waals surface area contributed by atoms with E-state index in [0.29, 0.717) is 12.5 Å². The summed E-state index contributed by atoms with van der Waals surface area (Å²) in [5.74, 6) is 1.10. The number of ether oxygens (including phenoxy) is 2. The van der Waals surface area contributed by atoms with E-state index in [1.165, 1.54) is 7.11 Å². The first-order valence-corrected chi connectivity index (χ1v) is 6.18. The molecule has 1 aromatic carbocycles. The minimum absolute atomic E-state index is 0.166. The van der Waals surface area contributed by atoms with Crippen LogP contribution in [0.4, 0.5) is 0 Å². The SMILES string of the molecule is COC(=O)C(NCc1cccc(OC)c1)C1CC1. The molecule has 18 heavy (non-hydrogen) atoms. The van der Waals surface area contributed by atoms with E-state index in [1.54, 1.807) is 7.11 Å². The molecule has 1 aliphatic carbocycles. The molecule has 1 unspecified atom stereocenters. The van der Waals surface area contributed by atoms with Gasteiger partial charge in [0.2, 0.25) is 0 Å². The maximum atomic E-state index is 11.6. The molecule has 1 N–H and O–H groups in total. The van der Waals surface area contributed by atoms with Crippen LogP contribution in [-0.2, 0) is 16.1 Å². The Balaban J connectivity index is 1.94. The van der Waals surface area contributed by atoms with E-state index < -0.39 is 0 Å². The first kappa shape index (κ1) is 12.9. The molecule has 0 aliphatic heterocycles. The van der Waals surface area contributed by atoms with E-state index in [1.807, 2.05) is 24.3 Å². The smallest absolute Gasteiger partial charge is 0.323 e. The van der Waals surface area contributed by atoms with Crippen LogP contribution in [0.3, 0.4) is 0 Å². The fourth-order valence-corrected chi connectivity index (χ4v) is 2.01. The summed E-state index contributed by atoms with van der Waals surface area (Å²) in [6.07, 6.45) is 2.20. The zero-order valence-electron chi connectivity index (χ0n) is 10.8. The topological polar surface area (TPSA) is 47.6 Å². The number of carbonyl (C=O) groups excluding carboxylic acids is 1. The third kappa shape index (κ3) is 3.23. The number of carbonyl (C=O) groups is 1. The zero-order chi connectivity index (χ0) is 13.0. The van der Waals surface area contributed by atoms with E-state index in [-0.39, 0.29) is 12.0 Å². The van der Waals surface area contributed by atoms with Crippen LogP contribution in [0, 0.1) is 5.92 Å². The van der Waals surface area contributed by atoms with Gasteiger partial charge in [-0.2, -0.15) is 0 Å². The van der Waals surface area contributed by atoms with Crippen LogP contribution in [0.25, 0.3) is 0 Å². The third-order valence-electron chi connectivity index (χ3n) is 3.21. The van der Waals surface area contributed by atoms with Crippen molar-refractivity contribution in [2.24, 2.45) is 5.92 Å². The Morgan fingerprint density at radius 1 is 1.44 bits per heavy atom. The summed E-state index contributed by atoms with van der Waals surface area (Å²) in [5.41, 5.74) is 1.10. The van der Waals surface area contributed by atoms with E-state index in [2.05, 4.69) is 5.32 Å². The molecule has 1 fully saturated rings. The molecule has 1 aromatic rings. The number of methoxy groups -OCH3 is 2. The summed E-state index contributed by atoms with van der Waals surface area (Å²) < 4.78 is 9.99. The highest BCUT2D eigenvalue weighted by atomic mass is 16.5. The normalized spacial score (nSPS) is 16.1. The lowest BCUT2D eigenvalue weighted by Crippen LogP contribution is -2.39. The standard InChI is InChI=1S/C14H19NO3/c1-17-12-5-3-4-10(8-12)9-15-13(11-6-7-11)14(16)18-2/h3-5,8,11,13,15H,6-7,9H2,1-2H3. The Morgan fingerprint density at radius 3 is 2.83 bits per heavy atom. The van der Waals surface area contributed by atoms with Gasteiger partial charge >= 0.3 is 5.97 Å². The van der Waals surface area contributed by atoms with Crippen molar-refractivity contribution in [3.8, 4) is 5.75 Å². The minimum atomic E-state index is -0.179. The monoisotopic (exact) mass is 249 g/mol. The molecule has 0 radical (unpaired) electrons. The maximum Gasteiger partial charge on any atom is 0.323 e. The summed E-state index contributed by atoms with van der Waals surface area (Å²) in [4.78, 5) is 11.6. The fraction of sp³-hybridized carbons (Fsp3) is 0.500. The summed E-state index contributed by atoms with van der Waals surface area (Å²) in [6, 6.07) is 7.65. The van der Waals surface area contributed by atoms with Gasteiger partial charge < -0.3 is 14.8 Å². The highest BCUT2D eigenvalue weighted by Gasteiger charge is 2.36.